The number of hydrogen-bond acceptors (Lipinski definition) is 0. The van der Waals surface area contributed by atoms with E-state index in [0.717, 1.165) is 11.4 Å². The summed E-state index contributed by atoms with van der Waals surface area (Å²) in [5, 5.41) is 4.98. The fraction of sp³-hybridized carbons (Fsp3) is 0. The van der Waals surface area contributed by atoms with Crippen LogP contribution in [0.3, 0.4) is 0 Å². The summed E-state index contributed by atoms with van der Waals surface area (Å²) >= 11 is 0. The molecule has 2 heteroatoms. The summed E-state index contributed by atoms with van der Waals surface area (Å²) in [6, 6.07) is 79.5. The molecule has 0 aliphatic carbocycles. The number of hydrogen-bond donors (Lipinski definition) is 0. The summed E-state index contributed by atoms with van der Waals surface area (Å²) in [7, 11) is 0. The highest BCUT2D eigenvalue weighted by Crippen LogP contribution is 2.40. The van der Waals surface area contributed by atoms with Crippen molar-refractivity contribution in [2.24, 2.45) is 0 Å². The van der Waals surface area contributed by atoms with Crippen molar-refractivity contribution in [1.82, 2.24) is 9.13 Å². The molecule has 0 amide bonds. The van der Waals surface area contributed by atoms with Gasteiger partial charge in [0, 0.05) is 32.9 Å². The predicted molar refractivity (Wildman–Crippen MR) is 237 cm³/mol. The highest BCUT2D eigenvalue weighted by atomic mass is 15.0. The van der Waals surface area contributed by atoms with Crippen LogP contribution in [0.4, 0.5) is 0 Å². The van der Waals surface area contributed by atoms with Crippen molar-refractivity contribution in [3.8, 4) is 55.9 Å². The third-order valence-corrected chi connectivity index (χ3v) is 11.3. The van der Waals surface area contributed by atoms with Gasteiger partial charge in [-0.3, -0.25) is 0 Å². The van der Waals surface area contributed by atoms with Crippen molar-refractivity contribution >= 4 is 43.6 Å². The Bertz CT molecular complexity index is 3170. The minimum absolute atomic E-state index is 1.15. The molecule has 9 aromatic carbocycles. The molecule has 0 radical (unpaired) electrons. The molecular weight excluding hydrogens is 677 g/mol. The molecule has 0 fully saturated rings. The Balaban J connectivity index is 1.09. The van der Waals surface area contributed by atoms with Crippen LogP contribution in [0.25, 0.3) is 99.5 Å². The van der Waals surface area contributed by atoms with Gasteiger partial charge in [0.1, 0.15) is 0 Å². The topological polar surface area (TPSA) is 9.86 Å². The fourth-order valence-electron chi connectivity index (χ4n) is 8.65. The van der Waals surface area contributed by atoms with Crippen LogP contribution in [-0.4, -0.2) is 9.13 Å². The zero-order chi connectivity index (χ0) is 37.0. The quantitative estimate of drug-likeness (QED) is 0.162. The van der Waals surface area contributed by atoms with Gasteiger partial charge in [-0.05, 0) is 105 Å². The second-order valence-corrected chi connectivity index (χ2v) is 14.6. The minimum atomic E-state index is 1.15. The van der Waals surface area contributed by atoms with Crippen LogP contribution in [0.5, 0.6) is 0 Å². The van der Waals surface area contributed by atoms with Gasteiger partial charge < -0.3 is 9.13 Å². The van der Waals surface area contributed by atoms with Crippen molar-refractivity contribution in [3.05, 3.63) is 218 Å². The standard InChI is InChI=1S/C54H36N2/c1-4-15-37(16-5-1)40-21-14-22-45(32-40)55-51-25-12-10-23-47(51)49-29-27-42(36-54(49)55)41-28-30-53-50(35-41)48-24-11-13-26-52(48)56(53)46-33-43(38-17-6-2-7-18-38)31-44(34-46)39-19-8-3-9-20-39/h1-36H. The van der Waals surface area contributed by atoms with Crippen molar-refractivity contribution in [2.45, 2.75) is 0 Å². The SMILES string of the molecule is c1ccc(-c2cccc(-n3c4ccccc4c4ccc(-c5ccc6c(c5)c5ccccc5n6-c5cc(-c6ccccc6)cc(-c6ccccc6)c5)cc43)c2)cc1. The summed E-state index contributed by atoms with van der Waals surface area (Å²) in [5.41, 5.74) is 16.7. The molecule has 0 bridgehead atoms. The van der Waals surface area contributed by atoms with Crippen LogP contribution >= 0.6 is 0 Å². The smallest absolute Gasteiger partial charge is 0.0547 e. The highest BCUT2D eigenvalue weighted by molar-refractivity contribution is 6.12. The van der Waals surface area contributed by atoms with Crippen molar-refractivity contribution < 1.29 is 0 Å². The van der Waals surface area contributed by atoms with E-state index in [1.807, 2.05) is 0 Å². The average Bonchev–Trinajstić information content (AvgIpc) is 3.79. The van der Waals surface area contributed by atoms with E-state index in [2.05, 4.69) is 228 Å². The predicted octanol–water partition coefficient (Wildman–Crippen LogP) is 14.5. The van der Waals surface area contributed by atoms with E-state index >= 15 is 0 Å². The maximum atomic E-state index is 2.44. The molecule has 11 rings (SSSR count). The lowest BCUT2D eigenvalue weighted by Crippen LogP contribution is -1.96. The van der Waals surface area contributed by atoms with Crippen LogP contribution < -0.4 is 0 Å². The summed E-state index contributed by atoms with van der Waals surface area (Å²) < 4.78 is 4.86. The number of rotatable bonds is 6. The first kappa shape index (κ1) is 32.0. The molecule has 2 aromatic heterocycles. The number of fused-ring (bicyclic) bond motifs is 6. The maximum absolute atomic E-state index is 2.44. The Hall–Kier alpha value is -7.42. The maximum Gasteiger partial charge on any atom is 0.0547 e. The first-order chi connectivity index (χ1) is 27.8. The molecule has 0 N–H and O–H groups in total. The lowest BCUT2D eigenvalue weighted by Gasteiger charge is -2.14. The van der Waals surface area contributed by atoms with E-state index in [9.17, 15) is 0 Å². The lowest BCUT2D eigenvalue weighted by molar-refractivity contribution is 1.18. The largest absolute Gasteiger partial charge is 0.309 e. The molecule has 56 heavy (non-hydrogen) atoms. The molecule has 0 aliphatic heterocycles. The van der Waals surface area contributed by atoms with E-state index in [-0.39, 0.29) is 0 Å². The summed E-state index contributed by atoms with van der Waals surface area (Å²) in [6.45, 7) is 0. The van der Waals surface area contributed by atoms with Gasteiger partial charge in [0.2, 0.25) is 0 Å². The number of benzene rings is 9. The highest BCUT2D eigenvalue weighted by Gasteiger charge is 2.17. The Labute approximate surface area is 325 Å². The van der Waals surface area contributed by atoms with E-state index < -0.39 is 0 Å². The van der Waals surface area contributed by atoms with Gasteiger partial charge in [-0.15, -0.1) is 0 Å². The van der Waals surface area contributed by atoms with E-state index in [1.54, 1.807) is 0 Å². The molecule has 2 nitrogen and oxygen atoms in total. The second kappa shape index (κ2) is 13.2. The normalized spacial score (nSPS) is 11.6. The van der Waals surface area contributed by atoms with Gasteiger partial charge in [0.15, 0.2) is 0 Å². The Morgan fingerprint density at radius 2 is 0.625 bits per heavy atom. The Morgan fingerprint density at radius 1 is 0.196 bits per heavy atom. The molecule has 0 unspecified atom stereocenters. The van der Waals surface area contributed by atoms with E-state index in [0.29, 0.717) is 0 Å². The van der Waals surface area contributed by atoms with Gasteiger partial charge in [0.05, 0.1) is 22.1 Å². The van der Waals surface area contributed by atoms with Gasteiger partial charge in [-0.1, -0.05) is 158 Å². The Kier molecular flexibility index (Phi) is 7.53. The Morgan fingerprint density at radius 3 is 1.27 bits per heavy atom. The third kappa shape index (κ3) is 5.34. The molecule has 11 aromatic rings. The molecule has 0 atom stereocenters. The van der Waals surface area contributed by atoms with Crippen molar-refractivity contribution in [1.29, 1.82) is 0 Å². The van der Waals surface area contributed by atoms with Gasteiger partial charge in [-0.25, -0.2) is 0 Å². The first-order valence-corrected chi connectivity index (χ1v) is 19.3. The van der Waals surface area contributed by atoms with Crippen molar-refractivity contribution in [3.63, 3.8) is 0 Å². The first-order valence-electron chi connectivity index (χ1n) is 19.3. The molecule has 0 aliphatic rings. The van der Waals surface area contributed by atoms with Gasteiger partial charge in [0.25, 0.3) is 0 Å². The third-order valence-electron chi connectivity index (χ3n) is 11.3. The lowest BCUT2D eigenvalue weighted by atomic mass is 9.98. The van der Waals surface area contributed by atoms with Gasteiger partial charge in [-0.2, -0.15) is 0 Å². The fourth-order valence-corrected chi connectivity index (χ4v) is 8.65. The molecule has 2 heterocycles. The number of para-hydroxylation sites is 2. The van der Waals surface area contributed by atoms with Gasteiger partial charge >= 0.3 is 0 Å². The van der Waals surface area contributed by atoms with Crippen molar-refractivity contribution in [2.75, 3.05) is 0 Å². The minimum Gasteiger partial charge on any atom is -0.309 e. The van der Waals surface area contributed by atoms with Crippen LogP contribution in [0.15, 0.2) is 218 Å². The second-order valence-electron chi connectivity index (χ2n) is 14.6. The van der Waals surface area contributed by atoms with Crippen LogP contribution in [0, 0.1) is 0 Å². The summed E-state index contributed by atoms with van der Waals surface area (Å²) in [4.78, 5) is 0. The van der Waals surface area contributed by atoms with Crippen LogP contribution in [0.2, 0.25) is 0 Å². The van der Waals surface area contributed by atoms with E-state index in [1.165, 1.54) is 88.1 Å². The monoisotopic (exact) mass is 712 g/mol. The molecule has 0 spiro atoms. The zero-order valence-corrected chi connectivity index (χ0v) is 30.7. The summed E-state index contributed by atoms with van der Waals surface area (Å²) in [5.74, 6) is 0. The molecule has 0 saturated carbocycles. The molecule has 0 saturated heterocycles. The zero-order valence-electron chi connectivity index (χ0n) is 30.7. The number of nitrogens with zero attached hydrogens (tertiary/aromatic N) is 2. The average molecular weight is 713 g/mol. The number of aromatic nitrogens is 2. The van der Waals surface area contributed by atoms with Crippen LogP contribution in [0.1, 0.15) is 0 Å². The molecule has 262 valence electrons. The van der Waals surface area contributed by atoms with E-state index in [4.69, 9.17) is 0 Å². The van der Waals surface area contributed by atoms with Crippen LogP contribution in [-0.2, 0) is 0 Å². The molecular formula is C54H36N2. The summed E-state index contributed by atoms with van der Waals surface area (Å²) in [6.07, 6.45) is 0.